The molecule has 0 saturated carbocycles. The first-order valence-electron chi connectivity index (χ1n) is 9.15. The Morgan fingerprint density at radius 2 is 1.54 bits per heavy atom. The van der Waals surface area contributed by atoms with Crippen molar-refractivity contribution in [2.24, 2.45) is 0 Å². The van der Waals surface area contributed by atoms with Gasteiger partial charge in [-0.25, -0.2) is 14.8 Å². The molecule has 28 heavy (non-hydrogen) atoms. The van der Waals surface area contributed by atoms with Crippen molar-refractivity contribution in [3.05, 3.63) is 64.7 Å². The highest BCUT2D eigenvalue weighted by atomic mass is 16.5. The molecule has 2 rings (SSSR count). The van der Waals surface area contributed by atoms with E-state index in [1.165, 1.54) is 12.1 Å². The molecule has 0 aliphatic carbocycles. The van der Waals surface area contributed by atoms with Gasteiger partial charge in [0.05, 0.1) is 18.7 Å². The molecule has 2 amide bonds. The number of likely N-dealkylation sites (N-methyl/N-ethyl adjacent to an activating group) is 1. The lowest BCUT2D eigenvalue weighted by atomic mass is 9.97. The van der Waals surface area contributed by atoms with Gasteiger partial charge in [-0.3, -0.25) is 9.59 Å². The number of esters is 1. The first kappa shape index (κ1) is 21.2. The van der Waals surface area contributed by atoms with Crippen molar-refractivity contribution in [3.8, 4) is 0 Å². The number of carbonyl (C=O) groups is 3. The summed E-state index contributed by atoms with van der Waals surface area (Å²) in [5, 5.41) is 2.23. The van der Waals surface area contributed by atoms with E-state index >= 15 is 0 Å². The van der Waals surface area contributed by atoms with Crippen LogP contribution in [0, 0.1) is 20.8 Å². The summed E-state index contributed by atoms with van der Waals surface area (Å²) >= 11 is 0. The van der Waals surface area contributed by atoms with Gasteiger partial charge in [0.25, 0.3) is 0 Å². The van der Waals surface area contributed by atoms with Crippen LogP contribution in [0.3, 0.4) is 0 Å². The Bertz CT molecular complexity index is 854. The predicted molar refractivity (Wildman–Crippen MR) is 108 cm³/mol. The van der Waals surface area contributed by atoms with Crippen LogP contribution in [0.25, 0.3) is 0 Å². The number of rotatable bonds is 4. The van der Waals surface area contributed by atoms with E-state index in [0.29, 0.717) is 5.69 Å². The maximum Gasteiger partial charge on any atom is 0.399 e. The summed E-state index contributed by atoms with van der Waals surface area (Å²) in [5.74, 6) is -2.23. The molecule has 0 aliphatic heterocycles. The molecule has 0 fully saturated rings. The molecule has 0 radical (unpaired) electrons. The second-order valence-electron chi connectivity index (χ2n) is 6.64. The van der Waals surface area contributed by atoms with Gasteiger partial charge < -0.3 is 4.74 Å². The van der Waals surface area contributed by atoms with Crippen LogP contribution in [-0.2, 0) is 25.5 Å². The highest BCUT2D eigenvalue weighted by molar-refractivity contribution is 6.38. The van der Waals surface area contributed by atoms with Gasteiger partial charge in [-0.05, 0) is 56.5 Å². The SMILES string of the molecule is CCOC(=O)C(=O)N(c1ccccc1)N(C)C(=O)Cc1c(C)cc(C)cc1C. The molecule has 0 spiro atoms. The number of nitrogens with zero attached hydrogens (tertiary/aromatic N) is 2. The van der Waals surface area contributed by atoms with E-state index < -0.39 is 11.9 Å². The number of ether oxygens (including phenoxy) is 1. The molecule has 6 heteroatoms. The van der Waals surface area contributed by atoms with Crippen LogP contribution in [0.1, 0.15) is 29.2 Å². The molecule has 0 bridgehead atoms. The van der Waals surface area contributed by atoms with E-state index in [0.717, 1.165) is 27.3 Å². The third-order valence-corrected chi connectivity index (χ3v) is 4.47. The molecule has 0 N–H and O–H groups in total. The molecule has 0 saturated heterocycles. The molecule has 6 nitrogen and oxygen atoms in total. The first-order valence-corrected chi connectivity index (χ1v) is 9.15. The number of para-hydroxylation sites is 1. The zero-order chi connectivity index (χ0) is 20.8. The van der Waals surface area contributed by atoms with E-state index in [1.807, 2.05) is 32.9 Å². The highest BCUT2D eigenvalue weighted by Gasteiger charge is 2.31. The third kappa shape index (κ3) is 4.76. The van der Waals surface area contributed by atoms with Crippen molar-refractivity contribution in [1.82, 2.24) is 5.01 Å². The molecule has 2 aromatic carbocycles. The number of hydrogen-bond donors (Lipinski definition) is 0. The minimum absolute atomic E-state index is 0.0760. The maximum atomic E-state index is 13.0. The molecule has 0 unspecified atom stereocenters. The second-order valence-corrected chi connectivity index (χ2v) is 6.64. The Hall–Kier alpha value is -3.15. The molecular formula is C22H26N2O4. The maximum absolute atomic E-state index is 13.0. The standard InChI is InChI=1S/C22H26N2O4/c1-6-28-22(27)21(26)24(18-10-8-7-9-11-18)23(5)20(25)14-19-16(3)12-15(2)13-17(19)4/h7-13H,6,14H2,1-5H3. The van der Waals surface area contributed by atoms with Crippen LogP contribution < -0.4 is 5.01 Å². The molecule has 0 aromatic heterocycles. The van der Waals surface area contributed by atoms with Crippen LogP contribution in [0.2, 0.25) is 0 Å². The minimum Gasteiger partial charge on any atom is -0.459 e. The number of hydrogen-bond acceptors (Lipinski definition) is 4. The summed E-state index contributed by atoms with van der Waals surface area (Å²) < 4.78 is 4.84. The lowest BCUT2D eigenvalue weighted by Crippen LogP contribution is -2.51. The Morgan fingerprint density at radius 1 is 0.964 bits per heavy atom. The fourth-order valence-corrected chi connectivity index (χ4v) is 3.14. The van der Waals surface area contributed by atoms with Gasteiger partial charge in [0.1, 0.15) is 0 Å². The van der Waals surface area contributed by atoms with Gasteiger partial charge in [-0.15, -0.1) is 0 Å². The van der Waals surface area contributed by atoms with Gasteiger partial charge in [-0.2, -0.15) is 0 Å². The summed E-state index contributed by atoms with van der Waals surface area (Å²) in [6.45, 7) is 7.62. The zero-order valence-electron chi connectivity index (χ0n) is 17.0. The zero-order valence-corrected chi connectivity index (χ0v) is 17.0. The number of carbonyl (C=O) groups excluding carboxylic acids is 3. The minimum atomic E-state index is -1.01. The first-order chi connectivity index (χ1) is 13.3. The number of anilines is 1. The second kappa shape index (κ2) is 9.17. The lowest BCUT2D eigenvalue weighted by Gasteiger charge is -2.31. The van der Waals surface area contributed by atoms with Crippen LogP contribution in [0.15, 0.2) is 42.5 Å². The summed E-state index contributed by atoms with van der Waals surface area (Å²) in [6.07, 6.45) is 0.119. The topological polar surface area (TPSA) is 66.9 Å². The summed E-state index contributed by atoms with van der Waals surface area (Å²) in [7, 11) is 1.48. The largest absolute Gasteiger partial charge is 0.459 e. The summed E-state index contributed by atoms with van der Waals surface area (Å²) in [5.41, 5.74) is 4.49. The van der Waals surface area contributed by atoms with Gasteiger partial charge in [-0.1, -0.05) is 35.9 Å². The van der Waals surface area contributed by atoms with Crippen LogP contribution >= 0.6 is 0 Å². The monoisotopic (exact) mass is 382 g/mol. The van der Waals surface area contributed by atoms with E-state index in [2.05, 4.69) is 0 Å². The predicted octanol–water partition coefficient (Wildman–Crippen LogP) is 3.12. The van der Waals surface area contributed by atoms with Crippen LogP contribution in [0.5, 0.6) is 0 Å². The lowest BCUT2D eigenvalue weighted by molar-refractivity contribution is -0.155. The number of hydrazine groups is 1. The van der Waals surface area contributed by atoms with Gasteiger partial charge in [0, 0.05) is 7.05 Å². The Kier molecular flexibility index (Phi) is 6.93. The molecule has 0 atom stereocenters. The van der Waals surface area contributed by atoms with Crippen LogP contribution in [-0.4, -0.2) is 36.4 Å². The van der Waals surface area contributed by atoms with E-state index in [9.17, 15) is 14.4 Å². The number of benzene rings is 2. The Balaban J connectivity index is 2.34. The molecule has 2 aromatic rings. The van der Waals surface area contributed by atoms with Crippen molar-refractivity contribution in [3.63, 3.8) is 0 Å². The smallest absolute Gasteiger partial charge is 0.399 e. The average Bonchev–Trinajstić information content (AvgIpc) is 2.65. The van der Waals surface area contributed by atoms with E-state index in [-0.39, 0.29) is 18.9 Å². The molecule has 0 aliphatic rings. The Morgan fingerprint density at radius 3 is 2.07 bits per heavy atom. The van der Waals surface area contributed by atoms with Gasteiger partial charge >= 0.3 is 11.9 Å². The van der Waals surface area contributed by atoms with E-state index in [1.54, 1.807) is 37.3 Å². The molecule has 0 heterocycles. The normalized spacial score (nSPS) is 10.3. The van der Waals surface area contributed by atoms with Crippen molar-refractivity contribution >= 4 is 23.5 Å². The van der Waals surface area contributed by atoms with Crippen molar-refractivity contribution in [1.29, 1.82) is 0 Å². The van der Waals surface area contributed by atoms with Crippen molar-refractivity contribution in [2.75, 3.05) is 18.7 Å². The quantitative estimate of drug-likeness (QED) is 0.463. The number of amides is 2. The van der Waals surface area contributed by atoms with Crippen LogP contribution in [0.4, 0.5) is 5.69 Å². The average molecular weight is 382 g/mol. The summed E-state index contributed by atoms with van der Waals surface area (Å²) in [6, 6.07) is 12.6. The third-order valence-electron chi connectivity index (χ3n) is 4.47. The fraction of sp³-hybridized carbons (Fsp3) is 0.318. The Labute approximate surface area is 165 Å². The highest BCUT2D eigenvalue weighted by Crippen LogP contribution is 2.20. The van der Waals surface area contributed by atoms with E-state index in [4.69, 9.17) is 4.74 Å². The van der Waals surface area contributed by atoms with Gasteiger partial charge in [0.2, 0.25) is 5.91 Å². The summed E-state index contributed by atoms with van der Waals surface area (Å²) in [4.78, 5) is 37.7. The van der Waals surface area contributed by atoms with Crippen molar-refractivity contribution < 1.29 is 19.1 Å². The molecule has 148 valence electrons. The fourth-order valence-electron chi connectivity index (χ4n) is 3.14. The van der Waals surface area contributed by atoms with Crippen molar-refractivity contribution in [2.45, 2.75) is 34.1 Å². The number of aryl methyl sites for hydroxylation is 3. The molecular weight excluding hydrogens is 356 g/mol. The van der Waals surface area contributed by atoms with Gasteiger partial charge in [0.15, 0.2) is 0 Å².